The van der Waals surface area contributed by atoms with Crippen LogP contribution in [0.1, 0.15) is 6.92 Å². The van der Waals surface area contributed by atoms with Crippen LogP contribution in [0, 0.1) is 0 Å². The number of rotatable bonds is 5. The van der Waals surface area contributed by atoms with E-state index in [2.05, 4.69) is 10.2 Å². The highest BCUT2D eigenvalue weighted by atomic mass is 32.2. The average molecular weight is 395 g/mol. The predicted octanol–water partition coefficient (Wildman–Crippen LogP) is 3.44. The van der Waals surface area contributed by atoms with E-state index in [1.54, 1.807) is 30.3 Å². The minimum Gasteiger partial charge on any atom is -0.375 e. The molecular formula is C21H21N3O3S. The van der Waals surface area contributed by atoms with E-state index >= 15 is 0 Å². The molecule has 3 aromatic carbocycles. The molecule has 1 aliphatic rings. The third-order valence-electron chi connectivity index (χ3n) is 5.01. The van der Waals surface area contributed by atoms with Gasteiger partial charge in [-0.1, -0.05) is 30.3 Å². The highest BCUT2D eigenvalue weighted by Gasteiger charge is 2.36. The first kappa shape index (κ1) is 18.3. The Bertz CT molecular complexity index is 1170. The van der Waals surface area contributed by atoms with Gasteiger partial charge >= 0.3 is 0 Å². The van der Waals surface area contributed by atoms with E-state index in [1.165, 1.54) is 4.31 Å². The summed E-state index contributed by atoms with van der Waals surface area (Å²) in [5, 5.41) is 4.33. The summed E-state index contributed by atoms with van der Waals surface area (Å²) in [6.07, 6.45) is 0. The normalized spacial score (nSPS) is 14.3. The molecule has 4 rings (SSSR count). The summed E-state index contributed by atoms with van der Waals surface area (Å²) in [7, 11) is -1.78. The zero-order valence-corrected chi connectivity index (χ0v) is 16.5. The van der Waals surface area contributed by atoms with Gasteiger partial charge in [-0.15, -0.1) is 0 Å². The summed E-state index contributed by atoms with van der Waals surface area (Å²) in [4.78, 5) is 14.9. The van der Waals surface area contributed by atoms with Crippen LogP contribution in [-0.4, -0.2) is 34.5 Å². The molecule has 0 saturated carbocycles. The summed E-state index contributed by atoms with van der Waals surface area (Å²) < 4.78 is 27.1. The lowest BCUT2D eigenvalue weighted by molar-refractivity contribution is -0.114. The van der Waals surface area contributed by atoms with E-state index in [0.29, 0.717) is 16.8 Å². The van der Waals surface area contributed by atoms with Gasteiger partial charge in [0.2, 0.25) is 5.91 Å². The maximum Gasteiger partial charge on any atom is 0.265 e. The quantitative estimate of drug-likeness (QED) is 0.718. The monoisotopic (exact) mass is 395 g/mol. The Balaban J connectivity index is 1.60. The largest absolute Gasteiger partial charge is 0.375 e. The fourth-order valence-corrected chi connectivity index (χ4v) is 5.13. The second-order valence-electron chi connectivity index (χ2n) is 6.76. The highest BCUT2D eigenvalue weighted by Crippen LogP contribution is 2.41. The number of hydrogen-bond donors (Lipinski definition) is 1. The predicted molar refractivity (Wildman–Crippen MR) is 112 cm³/mol. The molecule has 0 aliphatic carbocycles. The second kappa shape index (κ2) is 6.83. The zero-order chi connectivity index (χ0) is 19.9. The van der Waals surface area contributed by atoms with Gasteiger partial charge in [0.1, 0.15) is 6.54 Å². The Morgan fingerprint density at radius 3 is 2.54 bits per heavy atom. The van der Waals surface area contributed by atoms with E-state index in [9.17, 15) is 13.2 Å². The summed E-state index contributed by atoms with van der Waals surface area (Å²) in [6.45, 7) is 2.61. The Labute approximate surface area is 164 Å². The molecule has 0 aromatic heterocycles. The first-order valence-electron chi connectivity index (χ1n) is 9.07. The van der Waals surface area contributed by atoms with Crippen LogP contribution in [0.25, 0.3) is 10.8 Å². The minimum absolute atomic E-state index is 0.250. The SMILES string of the molecule is CCN(C)c1cccc(NC(=O)CN2c3cccc4cccc(c34)S2(=O)=O)c1. The smallest absolute Gasteiger partial charge is 0.265 e. The molecule has 1 N–H and O–H groups in total. The van der Waals surface area contributed by atoms with Gasteiger partial charge in [0.15, 0.2) is 0 Å². The topological polar surface area (TPSA) is 69.7 Å². The third kappa shape index (κ3) is 2.97. The zero-order valence-electron chi connectivity index (χ0n) is 15.7. The van der Waals surface area contributed by atoms with Crippen LogP contribution in [-0.2, 0) is 14.8 Å². The van der Waals surface area contributed by atoms with Gasteiger partial charge in [-0.3, -0.25) is 9.10 Å². The lowest BCUT2D eigenvalue weighted by Crippen LogP contribution is -2.35. The van der Waals surface area contributed by atoms with E-state index in [1.807, 2.05) is 44.3 Å². The van der Waals surface area contributed by atoms with Crippen molar-refractivity contribution in [2.75, 3.05) is 34.7 Å². The second-order valence-corrected chi connectivity index (χ2v) is 8.59. The summed E-state index contributed by atoms with van der Waals surface area (Å²) in [6, 6.07) is 18.1. The Kier molecular flexibility index (Phi) is 4.47. The number of amides is 1. The lowest BCUT2D eigenvalue weighted by atomic mass is 10.1. The van der Waals surface area contributed by atoms with E-state index in [-0.39, 0.29) is 17.3 Å². The first-order chi connectivity index (χ1) is 13.4. The van der Waals surface area contributed by atoms with Crippen molar-refractivity contribution in [1.29, 1.82) is 0 Å². The molecule has 1 heterocycles. The van der Waals surface area contributed by atoms with Gasteiger partial charge in [-0.25, -0.2) is 8.42 Å². The van der Waals surface area contributed by atoms with Crippen molar-refractivity contribution in [1.82, 2.24) is 0 Å². The van der Waals surface area contributed by atoms with Gasteiger partial charge in [0, 0.05) is 30.4 Å². The standard InChI is InChI=1S/C21H21N3O3S/c1-3-23(2)17-10-6-9-16(13-17)22-20(25)14-24-18-11-4-7-15-8-5-12-19(21(15)18)28(24,26)27/h4-13H,3,14H2,1-2H3,(H,22,25). The molecule has 0 unspecified atom stereocenters. The van der Waals surface area contributed by atoms with Gasteiger partial charge in [0.25, 0.3) is 10.0 Å². The van der Waals surface area contributed by atoms with E-state index in [4.69, 9.17) is 0 Å². The lowest BCUT2D eigenvalue weighted by Gasteiger charge is -2.20. The van der Waals surface area contributed by atoms with E-state index < -0.39 is 10.0 Å². The van der Waals surface area contributed by atoms with Crippen molar-refractivity contribution < 1.29 is 13.2 Å². The van der Waals surface area contributed by atoms with Crippen LogP contribution in [0.4, 0.5) is 17.1 Å². The molecule has 0 fully saturated rings. The molecule has 0 bridgehead atoms. The number of benzene rings is 3. The highest BCUT2D eigenvalue weighted by molar-refractivity contribution is 7.93. The molecule has 1 amide bonds. The van der Waals surface area contributed by atoms with Crippen molar-refractivity contribution in [3.8, 4) is 0 Å². The molecule has 0 atom stereocenters. The van der Waals surface area contributed by atoms with Crippen LogP contribution in [0.5, 0.6) is 0 Å². The maximum absolute atomic E-state index is 13.0. The summed E-state index contributed by atoms with van der Waals surface area (Å²) >= 11 is 0. The molecule has 6 nitrogen and oxygen atoms in total. The number of hydrogen-bond acceptors (Lipinski definition) is 4. The Morgan fingerprint density at radius 2 is 1.79 bits per heavy atom. The van der Waals surface area contributed by atoms with Crippen molar-refractivity contribution in [2.45, 2.75) is 11.8 Å². The van der Waals surface area contributed by atoms with Crippen LogP contribution in [0.3, 0.4) is 0 Å². The summed E-state index contributed by atoms with van der Waals surface area (Å²) in [5.74, 6) is -0.385. The fraction of sp³-hybridized carbons (Fsp3) is 0.190. The van der Waals surface area contributed by atoms with Gasteiger partial charge in [-0.05, 0) is 42.6 Å². The van der Waals surface area contributed by atoms with Gasteiger partial charge in [0.05, 0.1) is 10.6 Å². The van der Waals surface area contributed by atoms with Crippen molar-refractivity contribution in [3.63, 3.8) is 0 Å². The molecule has 28 heavy (non-hydrogen) atoms. The van der Waals surface area contributed by atoms with Crippen molar-refractivity contribution in [2.24, 2.45) is 0 Å². The molecular weight excluding hydrogens is 374 g/mol. The number of nitrogens with one attached hydrogen (secondary N) is 1. The number of sulfonamides is 1. The molecule has 3 aromatic rings. The molecule has 0 saturated heterocycles. The molecule has 0 spiro atoms. The third-order valence-corrected chi connectivity index (χ3v) is 6.82. The van der Waals surface area contributed by atoms with Gasteiger partial charge < -0.3 is 10.2 Å². The van der Waals surface area contributed by atoms with Crippen molar-refractivity contribution >= 4 is 43.8 Å². The summed E-state index contributed by atoms with van der Waals surface area (Å²) in [5.41, 5.74) is 2.16. The number of carbonyl (C=O) groups excluding carboxylic acids is 1. The Morgan fingerprint density at radius 1 is 1.07 bits per heavy atom. The minimum atomic E-state index is -3.75. The van der Waals surface area contributed by atoms with Crippen molar-refractivity contribution in [3.05, 3.63) is 60.7 Å². The average Bonchev–Trinajstić information content (AvgIpc) is 2.91. The number of nitrogens with zero attached hydrogens (tertiary/aromatic N) is 2. The van der Waals surface area contributed by atoms with Crippen LogP contribution in [0.15, 0.2) is 65.6 Å². The molecule has 1 aliphatic heterocycles. The van der Waals surface area contributed by atoms with Gasteiger partial charge in [-0.2, -0.15) is 0 Å². The van der Waals surface area contributed by atoms with Crippen LogP contribution in [0.2, 0.25) is 0 Å². The van der Waals surface area contributed by atoms with Crippen LogP contribution < -0.4 is 14.5 Å². The fourth-order valence-electron chi connectivity index (χ4n) is 3.46. The molecule has 7 heteroatoms. The molecule has 0 radical (unpaired) electrons. The first-order valence-corrected chi connectivity index (χ1v) is 10.5. The van der Waals surface area contributed by atoms with E-state index in [0.717, 1.165) is 17.6 Å². The maximum atomic E-state index is 13.0. The Hall–Kier alpha value is -3.06. The van der Waals surface area contributed by atoms with Crippen LogP contribution >= 0.6 is 0 Å². The molecule has 144 valence electrons. The number of anilines is 3. The number of carbonyl (C=O) groups is 1.